The monoisotopic (exact) mass is 318 g/mol. The van der Waals surface area contributed by atoms with E-state index in [1.165, 1.54) is 26.2 Å². The third kappa shape index (κ3) is 3.34. The molecule has 1 atom stereocenters. The predicted octanol–water partition coefficient (Wildman–Crippen LogP) is 3.69. The summed E-state index contributed by atoms with van der Waals surface area (Å²) in [5.74, 6) is -3.04. The van der Waals surface area contributed by atoms with Crippen molar-refractivity contribution in [2.75, 3.05) is 0 Å². The Morgan fingerprint density at radius 3 is 2.23 bits per heavy atom. The Morgan fingerprint density at radius 2 is 1.73 bits per heavy atom. The van der Waals surface area contributed by atoms with Crippen LogP contribution in [0.1, 0.15) is 35.9 Å². The maximum absolute atomic E-state index is 12.7. The molecule has 4 nitrogen and oxygen atoms in total. The van der Waals surface area contributed by atoms with Gasteiger partial charge in [0, 0.05) is 5.02 Å². The van der Waals surface area contributed by atoms with E-state index < -0.39 is 17.6 Å². The average molecular weight is 319 g/mol. The second-order valence-corrected chi connectivity index (χ2v) is 5.51. The van der Waals surface area contributed by atoms with Crippen molar-refractivity contribution >= 4 is 29.0 Å². The van der Waals surface area contributed by atoms with Gasteiger partial charge in [0.2, 0.25) is 5.78 Å². The van der Waals surface area contributed by atoms with E-state index in [1.807, 2.05) is 0 Å². The summed E-state index contributed by atoms with van der Waals surface area (Å²) >= 11 is 5.98. The Kier molecular flexibility index (Phi) is 4.93. The highest BCUT2D eigenvalue weighted by molar-refractivity contribution is 6.30. The van der Waals surface area contributed by atoms with E-state index in [1.54, 1.807) is 30.3 Å². The summed E-state index contributed by atoms with van der Waals surface area (Å²) in [6, 6.07) is 9.70. The van der Waals surface area contributed by atoms with Crippen LogP contribution in [0.3, 0.4) is 0 Å². The van der Waals surface area contributed by atoms with Gasteiger partial charge in [0.15, 0.2) is 5.76 Å². The van der Waals surface area contributed by atoms with Gasteiger partial charge in [-0.2, -0.15) is 0 Å². The zero-order valence-electron chi connectivity index (χ0n) is 12.2. The topological polar surface area (TPSA) is 64.3 Å². The summed E-state index contributed by atoms with van der Waals surface area (Å²) in [6.45, 7) is 2.61. The summed E-state index contributed by atoms with van der Waals surface area (Å²) in [6.07, 6.45) is 1.37. The van der Waals surface area contributed by atoms with E-state index >= 15 is 0 Å². The Bertz CT molecular complexity index is 689. The molecule has 0 spiro atoms. The number of Topliss-reactive ketones (excluding diaryl/α,β-unsaturated/α-hetero) is 3. The van der Waals surface area contributed by atoms with Crippen molar-refractivity contribution in [3.63, 3.8) is 0 Å². The van der Waals surface area contributed by atoms with Gasteiger partial charge >= 0.3 is 0 Å². The number of ketones is 3. The van der Waals surface area contributed by atoms with Gasteiger partial charge in [-0.15, -0.1) is 0 Å². The molecule has 0 aliphatic heterocycles. The molecule has 0 saturated carbocycles. The van der Waals surface area contributed by atoms with Crippen LogP contribution in [0.2, 0.25) is 5.02 Å². The number of rotatable bonds is 6. The summed E-state index contributed by atoms with van der Waals surface area (Å²) in [5.41, 5.74) is 0.518. The Hall–Kier alpha value is -2.20. The summed E-state index contributed by atoms with van der Waals surface area (Å²) in [7, 11) is 0. The van der Waals surface area contributed by atoms with Gasteiger partial charge in [-0.05, 0) is 43.7 Å². The van der Waals surface area contributed by atoms with E-state index in [4.69, 9.17) is 16.0 Å². The van der Waals surface area contributed by atoms with Gasteiger partial charge in [-0.1, -0.05) is 23.7 Å². The third-order valence-electron chi connectivity index (χ3n) is 3.46. The lowest BCUT2D eigenvalue weighted by atomic mass is 9.78. The number of hydrogen-bond acceptors (Lipinski definition) is 4. The third-order valence-corrected chi connectivity index (χ3v) is 3.70. The second kappa shape index (κ2) is 6.71. The second-order valence-electron chi connectivity index (χ2n) is 5.07. The summed E-state index contributed by atoms with van der Waals surface area (Å²) in [4.78, 5) is 36.6. The molecule has 1 aromatic heterocycles. The molecule has 1 unspecified atom stereocenters. The molecule has 114 valence electrons. The van der Waals surface area contributed by atoms with Crippen molar-refractivity contribution in [1.29, 1.82) is 0 Å². The number of halogens is 1. The van der Waals surface area contributed by atoms with Gasteiger partial charge in [0.1, 0.15) is 11.6 Å². The summed E-state index contributed by atoms with van der Waals surface area (Å²) < 4.78 is 5.13. The van der Waals surface area contributed by atoms with Crippen molar-refractivity contribution in [2.24, 2.45) is 5.92 Å². The zero-order chi connectivity index (χ0) is 16.3. The quantitative estimate of drug-likeness (QED) is 0.602. The fraction of sp³-hybridized carbons (Fsp3) is 0.235. The lowest BCUT2D eigenvalue weighted by Crippen LogP contribution is -2.32. The average Bonchev–Trinajstić information content (AvgIpc) is 2.97. The van der Waals surface area contributed by atoms with Crippen LogP contribution in [-0.4, -0.2) is 17.3 Å². The van der Waals surface area contributed by atoms with Crippen LogP contribution >= 0.6 is 11.6 Å². The van der Waals surface area contributed by atoms with Gasteiger partial charge in [0.05, 0.1) is 18.1 Å². The maximum Gasteiger partial charge on any atom is 0.206 e. The van der Waals surface area contributed by atoms with E-state index in [0.717, 1.165) is 0 Å². The van der Waals surface area contributed by atoms with Crippen molar-refractivity contribution in [3.05, 3.63) is 59.0 Å². The van der Waals surface area contributed by atoms with Crippen molar-refractivity contribution in [2.45, 2.75) is 19.8 Å². The minimum atomic E-state index is -1.06. The van der Waals surface area contributed by atoms with Crippen molar-refractivity contribution in [1.82, 2.24) is 0 Å². The van der Waals surface area contributed by atoms with Crippen LogP contribution in [0.4, 0.5) is 0 Å². The van der Waals surface area contributed by atoms with Gasteiger partial charge in [-0.25, -0.2) is 0 Å². The smallest absolute Gasteiger partial charge is 0.206 e. The molecular formula is C17H15ClO4. The molecule has 0 amide bonds. The largest absolute Gasteiger partial charge is 0.461 e. The molecule has 0 N–H and O–H groups in total. The Morgan fingerprint density at radius 1 is 1.05 bits per heavy atom. The number of benzene rings is 1. The SMILES string of the molecule is CC(=O)C(C(C)=O)C(C(=O)c1ccco1)c1cccc(Cl)c1. The predicted molar refractivity (Wildman–Crippen MR) is 82.1 cm³/mol. The fourth-order valence-electron chi connectivity index (χ4n) is 2.52. The highest BCUT2D eigenvalue weighted by Gasteiger charge is 2.37. The molecule has 22 heavy (non-hydrogen) atoms. The zero-order valence-corrected chi connectivity index (χ0v) is 13.0. The van der Waals surface area contributed by atoms with Crippen LogP contribution in [0.5, 0.6) is 0 Å². The van der Waals surface area contributed by atoms with Gasteiger partial charge in [-0.3, -0.25) is 14.4 Å². The van der Waals surface area contributed by atoms with E-state index in [2.05, 4.69) is 0 Å². The first-order valence-corrected chi connectivity index (χ1v) is 7.13. The standard InChI is InChI=1S/C17H15ClO4/c1-10(19)15(11(2)20)16(12-5-3-6-13(18)9-12)17(21)14-7-4-8-22-14/h3-9,15-16H,1-2H3. The maximum atomic E-state index is 12.7. The van der Waals surface area contributed by atoms with E-state index in [-0.39, 0.29) is 17.3 Å². The van der Waals surface area contributed by atoms with E-state index in [0.29, 0.717) is 10.6 Å². The molecule has 2 rings (SSSR count). The molecule has 0 radical (unpaired) electrons. The van der Waals surface area contributed by atoms with Crippen LogP contribution in [-0.2, 0) is 9.59 Å². The minimum absolute atomic E-state index is 0.109. The lowest BCUT2D eigenvalue weighted by molar-refractivity contribution is -0.130. The summed E-state index contributed by atoms with van der Waals surface area (Å²) in [5, 5.41) is 0.431. The van der Waals surface area contributed by atoms with Gasteiger partial charge in [0.25, 0.3) is 0 Å². The number of hydrogen-bond donors (Lipinski definition) is 0. The first-order chi connectivity index (χ1) is 10.4. The van der Waals surface area contributed by atoms with Crippen LogP contribution in [0.25, 0.3) is 0 Å². The molecule has 0 fully saturated rings. The molecular weight excluding hydrogens is 304 g/mol. The Balaban J connectivity index is 2.56. The first kappa shape index (κ1) is 16.2. The first-order valence-electron chi connectivity index (χ1n) is 6.76. The molecule has 5 heteroatoms. The normalized spacial score (nSPS) is 12.2. The Labute approximate surface area is 133 Å². The minimum Gasteiger partial charge on any atom is -0.461 e. The number of carbonyl (C=O) groups is 3. The molecule has 2 aromatic rings. The molecule has 0 aliphatic rings. The van der Waals surface area contributed by atoms with Crippen molar-refractivity contribution < 1.29 is 18.8 Å². The molecule has 0 saturated heterocycles. The highest BCUT2D eigenvalue weighted by atomic mass is 35.5. The molecule has 0 aliphatic carbocycles. The fourth-order valence-corrected chi connectivity index (χ4v) is 2.72. The van der Waals surface area contributed by atoms with Crippen LogP contribution in [0, 0.1) is 5.92 Å². The number of carbonyl (C=O) groups excluding carboxylic acids is 3. The number of furan rings is 1. The van der Waals surface area contributed by atoms with Crippen molar-refractivity contribution in [3.8, 4) is 0 Å². The highest BCUT2D eigenvalue weighted by Crippen LogP contribution is 2.32. The van der Waals surface area contributed by atoms with E-state index in [9.17, 15) is 14.4 Å². The molecule has 1 aromatic carbocycles. The lowest BCUT2D eigenvalue weighted by Gasteiger charge is -2.22. The molecule has 0 bridgehead atoms. The molecule has 1 heterocycles. The van der Waals surface area contributed by atoms with Crippen LogP contribution < -0.4 is 0 Å². The van der Waals surface area contributed by atoms with Crippen LogP contribution in [0.15, 0.2) is 47.1 Å². The van der Waals surface area contributed by atoms with Gasteiger partial charge < -0.3 is 4.42 Å².